The fraction of sp³-hybridized carbons (Fsp3) is 0.923. The molecule has 5 nitrogen and oxygen atoms in total. The minimum atomic E-state index is -3.40. The molecule has 112 valence electrons. The van der Waals surface area contributed by atoms with Gasteiger partial charge in [0.2, 0.25) is 0 Å². The number of esters is 1. The van der Waals surface area contributed by atoms with E-state index >= 15 is 0 Å². The maximum Gasteiger partial charge on any atom is 0.320 e. The van der Waals surface area contributed by atoms with Gasteiger partial charge in [-0.3, -0.25) is 4.79 Å². The van der Waals surface area contributed by atoms with Gasteiger partial charge in [0.05, 0.1) is 12.9 Å². The standard InChI is InChI=1S/C13H25NO4S/c1-3-14-12(11-7-5-4-6-8-11)9-19(16,17)10-13(15)18-2/h11-12,14H,3-10H2,1-2H3. The van der Waals surface area contributed by atoms with Crippen molar-refractivity contribution < 1.29 is 17.9 Å². The summed E-state index contributed by atoms with van der Waals surface area (Å²) in [6.45, 7) is 2.72. The molecule has 0 aromatic heterocycles. The molecule has 0 aromatic carbocycles. The van der Waals surface area contributed by atoms with Crippen molar-refractivity contribution in [3.8, 4) is 0 Å². The van der Waals surface area contributed by atoms with Gasteiger partial charge in [-0.25, -0.2) is 8.42 Å². The van der Waals surface area contributed by atoms with E-state index < -0.39 is 21.6 Å². The highest BCUT2D eigenvalue weighted by atomic mass is 32.2. The van der Waals surface area contributed by atoms with E-state index in [2.05, 4.69) is 10.1 Å². The molecule has 0 aromatic rings. The molecule has 0 amide bonds. The van der Waals surface area contributed by atoms with E-state index in [1.54, 1.807) is 0 Å². The lowest BCUT2D eigenvalue weighted by Crippen LogP contribution is -2.43. The van der Waals surface area contributed by atoms with Crippen LogP contribution < -0.4 is 5.32 Å². The molecule has 6 heteroatoms. The van der Waals surface area contributed by atoms with Gasteiger partial charge in [0.25, 0.3) is 0 Å². The molecule has 1 fully saturated rings. The quantitative estimate of drug-likeness (QED) is 0.712. The van der Waals surface area contributed by atoms with Crippen molar-refractivity contribution in [3.05, 3.63) is 0 Å². The molecular weight excluding hydrogens is 266 g/mol. The SMILES string of the molecule is CCNC(CS(=O)(=O)CC(=O)OC)C1CCCCC1. The predicted molar refractivity (Wildman–Crippen MR) is 74.7 cm³/mol. The van der Waals surface area contributed by atoms with Gasteiger partial charge in [0, 0.05) is 6.04 Å². The molecule has 1 aliphatic rings. The average molecular weight is 291 g/mol. The molecule has 1 aliphatic carbocycles. The van der Waals surface area contributed by atoms with Gasteiger partial charge in [0.15, 0.2) is 9.84 Å². The summed E-state index contributed by atoms with van der Waals surface area (Å²) < 4.78 is 28.4. The Kier molecular flexibility index (Phi) is 6.79. The van der Waals surface area contributed by atoms with Crippen LogP contribution in [0, 0.1) is 5.92 Å². The Bertz CT molecular complexity index is 374. The van der Waals surface area contributed by atoms with Gasteiger partial charge in [-0.15, -0.1) is 0 Å². The predicted octanol–water partition coefficient (Wildman–Crippen LogP) is 1.13. The molecule has 0 aliphatic heterocycles. The lowest BCUT2D eigenvalue weighted by molar-refractivity contribution is -0.137. The van der Waals surface area contributed by atoms with Gasteiger partial charge < -0.3 is 10.1 Å². The molecule has 0 bridgehead atoms. The van der Waals surface area contributed by atoms with Crippen LogP contribution in [0.3, 0.4) is 0 Å². The summed E-state index contributed by atoms with van der Waals surface area (Å²) in [6, 6.07) is -0.0417. The first-order chi connectivity index (χ1) is 8.98. The van der Waals surface area contributed by atoms with Crippen LogP contribution in [0.1, 0.15) is 39.0 Å². The first kappa shape index (κ1) is 16.4. The van der Waals surface area contributed by atoms with Gasteiger partial charge in [-0.1, -0.05) is 26.2 Å². The van der Waals surface area contributed by atoms with E-state index in [4.69, 9.17) is 0 Å². The second kappa shape index (κ2) is 7.85. The van der Waals surface area contributed by atoms with Crippen molar-refractivity contribution in [3.63, 3.8) is 0 Å². The maximum absolute atomic E-state index is 12.0. The second-order valence-electron chi connectivity index (χ2n) is 5.19. The summed E-state index contributed by atoms with van der Waals surface area (Å²) in [5.41, 5.74) is 0. The van der Waals surface area contributed by atoms with Crippen LogP contribution in [0.25, 0.3) is 0 Å². The number of carbonyl (C=O) groups is 1. The summed E-state index contributed by atoms with van der Waals surface area (Å²) in [5.74, 6) is -0.765. The van der Waals surface area contributed by atoms with Crippen molar-refractivity contribution in [2.24, 2.45) is 5.92 Å². The molecule has 19 heavy (non-hydrogen) atoms. The lowest BCUT2D eigenvalue weighted by Gasteiger charge is -2.30. The number of hydrogen-bond donors (Lipinski definition) is 1. The van der Waals surface area contributed by atoms with Gasteiger partial charge in [-0.05, 0) is 25.3 Å². The second-order valence-corrected chi connectivity index (χ2v) is 7.30. The van der Waals surface area contributed by atoms with Crippen molar-refractivity contribution >= 4 is 15.8 Å². The number of hydrogen-bond acceptors (Lipinski definition) is 5. The van der Waals surface area contributed by atoms with Gasteiger partial charge in [0.1, 0.15) is 5.75 Å². The van der Waals surface area contributed by atoms with Crippen LogP contribution in [0.5, 0.6) is 0 Å². The number of nitrogens with one attached hydrogen (secondary N) is 1. The molecular formula is C13H25NO4S. The number of carbonyl (C=O) groups excluding carboxylic acids is 1. The van der Waals surface area contributed by atoms with E-state index in [9.17, 15) is 13.2 Å². The summed E-state index contributed by atoms with van der Waals surface area (Å²) in [5, 5.41) is 3.27. The van der Waals surface area contributed by atoms with E-state index in [1.165, 1.54) is 26.4 Å². The molecule has 0 spiro atoms. The molecule has 0 saturated heterocycles. The van der Waals surface area contributed by atoms with Crippen molar-refractivity contribution in [1.82, 2.24) is 5.32 Å². The zero-order valence-electron chi connectivity index (χ0n) is 11.9. The summed E-state index contributed by atoms with van der Waals surface area (Å²) >= 11 is 0. The van der Waals surface area contributed by atoms with Crippen LogP contribution >= 0.6 is 0 Å². The Labute approximate surface area is 116 Å². The maximum atomic E-state index is 12.0. The topological polar surface area (TPSA) is 72.5 Å². The zero-order chi connectivity index (χ0) is 14.3. The highest BCUT2D eigenvalue weighted by Crippen LogP contribution is 2.27. The third-order valence-electron chi connectivity index (χ3n) is 3.68. The molecule has 1 atom stereocenters. The van der Waals surface area contributed by atoms with Gasteiger partial charge in [-0.2, -0.15) is 0 Å². The first-order valence-electron chi connectivity index (χ1n) is 6.99. The Morgan fingerprint density at radius 1 is 1.32 bits per heavy atom. The molecule has 0 heterocycles. The smallest absolute Gasteiger partial charge is 0.320 e. The Hall–Kier alpha value is -0.620. The van der Waals surface area contributed by atoms with E-state index in [0.717, 1.165) is 19.4 Å². The minimum absolute atomic E-state index is 0.0284. The molecule has 1 N–H and O–H groups in total. The van der Waals surface area contributed by atoms with Crippen LogP contribution in [0.15, 0.2) is 0 Å². The van der Waals surface area contributed by atoms with Crippen LogP contribution in [0.4, 0.5) is 0 Å². The summed E-state index contributed by atoms with van der Waals surface area (Å²) in [7, 11) is -2.19. The lowest BCUT2D eigenvalue weighted by atomic mass is 9.84. The highest BCUT2D eigenvalue weighted by Gasteiger charge is 2.29. The van der Waals surface area contributed by atoms with Crippen LogP contribution in [-0.4, -0.2) is 45.6 Å². The largest absolute Gasteiger partial charge is 0.468 e. The Balaban J connectivity index is 2.63. The average Bonchev–Trinajstić information content (AvgIpc) is 2.38. The number of rotatable bonds is 7. The van der Waals surface area contributed by atoms with E-state index in [1.807, 2.05) is 6.92 Å². The first-order valence-corrected chi connectivity index (χ1v) is 8.81. The fourth-order valence-electron chi connectivity index (χ4n) is 2.73. The molecule has 1 saturated carbocycles. The van der Waals surface area contributed by atoms with Crippen LogP contribution in [-0.2, 0) is 19.4 Å². The molecule has 1 rings (SSSR count). The Morgan fingerprint density at radius 2 is 1.95 bits per heavy atom. The van der Waals surface area contributed by atoms with Gasteiger partial charge >= 0.3 is 5.97 Å². The van der Waals surface area contributed by atoms with Crippen molar-refractivity contribution in [1.29, 1.82) is 0 Å². The normalized spacial score (nSPS) is 19.1. The third kappa shape index (κ3) is 5.91. The minimum Gasteiger partial charge on any atom is -0.468 e. The van der Waals surface area contributed by atoms with Crippen LogP contribution in [0.2, 0.25) is 0 Å². The third-order valence-corrected chi connectivity index (χ3v) is 5.23. The van der Waals surface area contributed by atoms with Crippen molar-refractivity contribution in [2.45, 2.75) is 45.1 Å². The highest BCUT2D eigenvalue weighted by molar-refractivity contribution is 7.92. The fourth-order valence-corrected chi connectivity index (χ4v) is 4.26. The van der Waals surface area contributed by atoms with E-state index in [0.29, 0.717) is 5.92 Å². The summed E-state index contributed by atoms with van der Waals surface area (Å²) in [4.78, 5) is 11.1. The monoisotopic (exact) mass is 291 g/mol. The van der Waals surface area contributed by atoms with Crippen molar-refractivity contribution in [2.75, 3.05) is 25.2 Å². The molecule has 0 radical (unpaired) electrons. The number of sulfone groups is 1. The van der Waals surface area contributed by atoms with E-state index in [-0.39, 0.29) is 11.8 Å². The Morgan fingerprint density at radius 3 is 2.47 bits per heavy atom. The molecule has 1 unspecified atom stereocenters. The zero-order valence-corrected chi connectivity index (χ0v) is 12.7. The summed E-state index contributed by atoms with van der Waals surface area (Å²) in [6.07, 6.45) is 5.73. The number of methoxy groups -OCH3 is 1. The number of ether oxygens (including phenoxy) is 1.